The largest absolute Gasteiger partial charge is 0.478 e. The lowest BCUT2D eigenvalue weighted by molar-refractivity contribution is -0.142. The Hall–Kier alpha value is -1.91. The summed E-state index contributed by atoms with van der Waals surface area (Å²) in [5.74, 6) is -1.45. The minimum atomic E-state index is -1.04. The number of rotatable bonds is 4. The van der Waals surface area contributed by atoms with E-state index in [1.807, 2.05) is 0 Å². The first-order chi connectivity index (χ1) is 7.13. The molecule has 0 radical (unpaired) electrons. The van der Waals surface area contributed by atoms with E-state index in [-0.39, 0.29) is 12.0 Å². The first kappa shape index (κ1) is 11.2. The molecule has 0 atom stereocenters. The fourth-order valence-electron chi connectivity index (χ4n) is 1.07. The van der Waals surface area contributed by atoms with E-state index in [4.69, 9.17) is 9.84 Å². The molecule has 0 fully saturated rings. The molecule has 0 spiro atoms. The number of ether oxygens (including phenoxy) is 1. The van der Waals surface area contributed by atoms with Gasteiger partial charge in [-0.25, -0.2) is 4.79 Å². The number of hydrogen-bond donors (Lipinski definition) is 1. The van der Waals surface area contributed by atoms with Crippen LogP contribution in [0.25, 0.3) is 0 Å². The van der Waals surface area contributed by atoms with Gasteiger partial charge in [0.2, 0.25) is 0 Å². The Labute approximate surface area is 86.7 Å². The molecule has 15 heavy (non-hydrogen) atoms. The molecule has 1 N–H and O–H groups in total. The number of carboxylic acid groups (broad SMARTS) is 1. The molecular weight excluding hydrogens is 198 g/mol. The van der Waals surface area contributed by atoms with Crippen molar-refractivity contribution in [1.82, 2.24) is 4.98 Å². The lowest BCUT2D eigenvalue weighted by atomic mass is 10.2. The van der Waals surface area contributed by atoms with Gasteiger partial charge in [-0.05, 0) is 19.1 Å². The van der Waals surface area contributed by atoms with E-state index in [9.17, 15) is 9.59 Å². The number of nitrogens with zero attached hydrogens (tertiary/aromatic N) is 1. The van der Waals surface area contributed by atoms with Crippen LogP contribution in [0.1, 0.15) is 23.0 Å². The Morgan fingerprint density at radius 2 is 2.27 bits per heavy atom. The number of carbonyl (C=O) groups excluding carboxylic acids is 1. The van der Waals surface area contributed by atoms with Gasteiger partial charge in [-0.2, -0.15) is 0 Å². The molecule has 5 heteroatoms. The third-order valence-electron chi connectivity index (χ3n) is 1.69. The highest BCUT2D eigenvalue weighted by Gasteiger charge is 2.08. The first-order valence-electron chi connectivity index (χ1n) is 4.47. The quantitative estimate of drug-likeness (QED) is 0.745. The molecule has 1 heterocycles. The molecular formula is C10H11NO4. The Kier molecular flexibility index (Phi) is 3.79. The number of hydrogen-bond acceptors (Lipinski definition) is 4. The van der Waals surface area contributed by atoms with Gasteiger partial charge in [0, 0.05) is 6.20 Å². The third-order valence-corrected chi connectivity index (χ3v) is 1.69. The van der Waals surface area contributed by atoms with Crippen LogP contribution in [-0.4, -0.2) is 28.6 Å². The zero-order valence-electron chi connectivity index (χ0n) is 8.27. The van der Waals surface area contributed by atoms with Crippen LogP contribution >= 0.6 is 0 Å². The lowest BCUT2D eigenvalue weighted by Gasteiger charge is -2.01. The van der Waals surface area contributed by atoms with Crippen molar-refractivity contribution in [2.75, 3.05) is 6.61 Å². The predicted octanol–water partition coefficient (Wildman–Crippen LogP) is 0.885. The van der Waals surface area contributed by atoms with E-state index in [1.165, 1.54) is 18.3 Å². The third kappa shape index (κ3) is 3.38. The van der Waals surface area contributed by atoms with Gasteiger partial charge in [0.25, 0.3) is 0 Å². The molecule has 0 aromatic carbocycles. The standard InChI is InChI=1S/C10H11NO4/c1-2-15-9(12)6-8-5-7(10(13)14)3-4-11-8/h3-5H,2,6H2,1H3,(H,13,14). The Balaban J connectivity index is 2.73. The smallest absolute Gasteiger partial charge is 0.335 e. The summed E-state index contributed by atoms with van der Waals surface area (Å²) in [4.78, 5) is 25.6. The topological polar surface area (TPSA) is 76.5 Å². The van der Waals surface area contributed by atoms with Crippen LogP contribution in [0.4, 0.5) is 0 Å². The average Bonchev–Trinajstić information content (AvgIpc) is 2.18. The normalized spacial score (nSPS) is 9.67. The summed E-state index contributed by atoms with van der Waals surface area (Å²) in [7, 11) is 0. The Morgan fingerprint density at radius 3 is 2.87 bits per heavy atom. The lowest BCUT2D eigenvalue weighted by Crippen LogP contribution is -2.09. The van der Waals surface area contributed by atoms with Crippen LogP contribution in [0.2, 0.25) is 0 Å². The maximum absolute atomic E-state index is 11.1. The summed E-state index contributed by atoms with van der Waals surface area (Å²) >= 11 is 0. The van der Waals surface area contributed by atoms with Crippen LogP contribution in [0.5, 0.6) is 0 Å². The fourth-order valence-corrected chi connectivity index (χ4v) is 1.07. The molecule has 1 aromatic heterocycles. The maximum atomic E-state index is 11.1. The van der Waals surface area contributed by atoms with E-state index in [0.29, 0.717) is 12.3 Å². The van der Waals surface area contributed by atoms with E-state index in [1.54, 1.807) is 6.92 Å². The van der Waals surface area contributed by atoms with Gasteiger partial charge in [-0.1, -0.05) is 0 Å². The summed E-state index contributed by atoms with van der Waals surface area (Å²) in [5, 5.41) is 8.70. The molecule has 0 aliphatic carbocycles. The van der Waals surface area contributed by atoms with E-state index in [0.717, 1.165) is 0 Å². The monoisotopic (exact) mass is 209 g/mol. The van der Waals surface area contributed by atoms with Crippen molar-refractivity contribution < 1.29 is 19.4 Å². The molecule has 0 aliphatic rings. The number of carbonyl (C=O) groups is 2. The minimum Gasteiger partial charge on any atom is -0.478 e. The van der Waals surface area contributed by atoms with Crippen molar-refractivity contribution in [1.29, 1.82) is 0 Å². The Morgan fingerprint density at radius 1 is 1.53 bits per heavy atom. The molecule has 5 nitrogen and oxygen atoms in total. The molecule has 0 saturated heterocycles. The van der Waals surface area contributed by atoms with Crippen LogP contribution in [0.3, 0.4) is 0 Å². The van der Waals surface area contributed by atoms with E-state index < -0.39 is 11.9 Å². The van der Waals surface area contributed by atoms with Crippen LogP contribution in [-0.2, 0) is 16.0 Å². The highest BCUT2D eigenvalue weighted by atomic mass is 16.5. The molecule has 80 valence electrons. The van der Waals surface area contributed by atoms with Gasteiger partial charge in [-0.3, -0.25) is 9.78 Å². The second-order valence-corrected chi connectivity index (χ2v) is 2.82. The molecule has 0 saturated carbocycles. The highest BCUT2D eigenvalue weighted by molar-refractivity contribution is 5.87. The summed E-state index contributed by atoms with van der Waals surface area (Å²) in [6, 6.07) is 2.73. The van der Waals surface area contributed by atoms with Crippen LogP contribution in [0.15, 0.2) is 18.3 Å². The Bertz CT molecular complexity index is 375. The van der Waals surface area contributed by atoms with E-state index in [2.05, 4.69) is 4.98 Å². The van der Waals surface area contributed by atoms with Gasteiger partial charge in [-0.15, -0.1) is 0 Å². The molecule has 1 rings (SSSR count). The van der Waals surface area contributed by atoms with Crippen molar-refractivity contribution in [3.8, 4) is 0 Å². The number of aromatic nitrogens is 1. The van der Waals surface area contributed by atoms with Gasteiger partial charge in [0.05, 0.1) is 24.3 Å². The average molecular weight is 209 g/mol. The number of aromatic carboxylic acids is 1. The summed E-state index contributed by atoms with van der Waals surface area (Å²) in [5.41, 5.74) is 0.512. The van der Waals surface area contributed by atoms with Crippen molar-refractivity contribution in [2.45, 2.75) is 13.3 Å². The second-order valence-electron chi connectivity index (χ2n) is 2.82. The number of pyridine rings is 1. The highest BCUT2D eigenvalue weighted by Crippen LogP contribution is 2.03. The molecule has 0 aliphatic heterocycles. The summed E-state index contributed by atoms with van der Waals surface area (Å²) < 4.78 is 4.72. The molecule has 0 bridgehead atoms. The summed E-state index contributed by atoms with van der Waals surface area (Å²) in [6.45, 7) is 2.01. The predicted molar refractivity (Wildman–Crippen MR) is 51.5 cm³/mol. The fraction of sp³-hybridized carbons (Fsp3) is 0.300. The molecule has 0 amide bonds. The molecule has 0 unspecified atom stereocenters. The van der Waals surface area contributed by atoms with Crippen LogP contribution < -0.4 is 0 Å². The maximum Gasteiger partial charge on any atom is 0.335 e. The first-order valence-corrected chi connectivity index (χ1v) is 4.47. The van der Waals surface area contributed by atoms with Gasteiger partial charge in [0.15, 0.2) is 0 Å². The number of carboxylic acids is 1. The van der Waals surface area contributed by atoms with Crippen molar-refractivity contribution in [2.24, 2.45) is 0 Å². The molecule has 1 aromatic rings. The van der Waals surface area contributed by atoms with Crippen LogP contribution in [0, 0.1) is 0 Å². The SMILES string of the molecule is CCOC(=O)Cc1cc(C(=O)O)ccn1. The van der Waals surface area contributed by atoms with Crippen molar-refractivity contribution in [3.63, 3.8) is 0 Å². The van der Waals surface area contributed by atoms with Crippen molar-refractivity contribution in [3.05, 3.63) is 29.6 Å². The van der Waals surface area contributed by atoms with Gasteiger partial charge < -0.3 is 9.84 Å². The van der Waals surface area contributed by atoms with E-state index >= 15 is 0 Å². The number of esters is 1. The summed E-state index contributed by atoms with van der Waals surface area (Å²) in [6.07, 6.45) is 1.35. The van der Waals surface area contributed by atoms with Gasteiger partial charge in [0.1, 0.15) is 0 Å². The zero-order chi connectivity index (χ0) is 11.3. The minimum absolute atomic E-state index is 0.00500. The second kappa shape index (κ2) is 5.09. The van der Waals surface area contributed by atoms with Crippen molar-refractivity contribution >= 4 is 11.9 Å². The van der Waals surface area contributed by atoms with Gasteiger partial charge >= 0.3 is 11.9 Å². The zero-order valence-corrected chi connectivity index (χ0v) is 8.27.